The number of amides is 2. The molecule has 2 amide bonds. The smallest absolute Gasteiger partial charge is 0.434 e. The molecule has 0 spiro atoms. The fourth-order valence-electron chi connectivity index (χ4n) is 0.959. The number of carbonyl (C=O) groups excluding carboxylic acids is 1. The van der Waals surface area contributed by atoms with Gasteiger partial charge in [0.15, 0.2) is 0 Å². The lowest BCUT2D eigenvalue weighted by Gasteiger charge is -2.03. The maximum absolute atomic E-state index is 11.9. The van der Waals surface area contributed by atoms with E-state index in [9.17, 15) is 18.0 Å². The van der Waals surface area contributed by atoms with Crippen LogP contribution in [0.25, 0.3) is 0 Å². The molecule has 0 aliphatic carbocycles. The summed E-state index contributed by atoms with van der Waals surface area (Å²) in [6.45, 7) is 2.90. The Kier molecular flexibility index (Phi) is 4.65. The van der Waals surface area contributed by atoms with Crippen LogP contribution in [0.2, 0.25) is 0 Å². The molecule has 0 unspecified atom stereocenters. The molecular formula is C9H14N4O5S2. The van der Waals surface area contributed by atoms with E-state index in [1.165, 1.54) is 27.9 Å². The molecule has 1 aromatic heterocycles. The summed E-state index contributed by atoms with van der Waals surface area (Å²) in [6, 6.07) is -0.711. The quantitative estimate of drug-likeness (QED) is 0.832. The largest absolute Gasteiger partial charge is 0.463 e. The van der Waals surface area contributed by atoms with Crippen molar-refractivity contribution in [3.63, 3.8) is 0 Å². The number of carbonyl (C=O) groups is 2. The molecular weight excluding hydrogens is 308 g/mol. The first-order valence-electron chi connectivity index (χ1n) is 5.40. The number of nitrogens with zero attached hydrogens (tertiary/aromatic N) is 4. The lowest BCUT2D eigenvalue weighted by Crippen LogP contribution is -2.27. The van der Waals surface area contributed by atoms with Crippen molar-refractivity contribution in [2.24, 2.45) is 4.99 Å². The van der Waals surface area contributed by atoms with Crippen LogP contribution >= 0.6 is 11.3 Å². The van der Waals surface area contributed by atoms with Crippen molar-refractivity contribution in [2.75, 3.05) is 14.1 Å². The highest BCUT2D eigenvalue weighted by molar-refractivity contribution is 7.93. The minimum absolute atomic E-state index is 0.310. The van der Waals surface area contributed by atoms with Gasteiger partial charge in [-0.15, -0.1) is 9.78 Å². The summed E-state index contributed by atoms with van der Waals surface area (Å²) in [4.78, 5) is 26.8. The Labute approximate surface area is 119 Å². The Morgan fingerprint density at radius 3 is 2.35 bits per heavy atom. The average Bonchev–Trinajstić information content (AvgIpc) is 2.73. The molecule has 0 saturated heterocycles. The second-order valence-corrected chi connectivity index (χ2v) is 7.86. The zero-order valence-electron chi connectivity index (χ0n) is 11.3. The van der Waals surface area contributed by atoms with Crippen LogP contribution in [-0.4, -0.2) is 59.7 Å². The molecule has 0 aliphatic rings. The van der Waals surface area contributed by atoms with Gasteiger partial charge in [-0.25, -0.2) is 18.0 Å². The lowest BCUT2D eigenvalue weighted by molar-refractivity contribution is 0.191. The first kappa shape index (κ1) is 16.3. The molecule has 9 nitrogen and oxygen atoms in total. The van der Waals surface area contributed by atoms with E-state index < -0.39 is 27.2 Å². The van der Waals surface area contributed by atoms with Gasteiger partial charge in [-0.05, 0) is 13.8 Å². The minimum Gasteiger partial charge on any atom is -0.463 e. The third-order valence-corrected chi connectivity index (χ3v) is 5.62. The molecule has 0 bridgehead atoms. The highest BCUT2D eigenvalue weighted by Crippen LogP contribution is 2.15. The Balaban J connectivity index is 3.52. The van der Waals surface area contributed by atoms with Crippen LogP contribution in [0.4, 0.5) is 9.59 Å². The van der Waals surface area contributed by atoms with E-state index in [1.807, 2.05) is 0 Å². The van der Waals surface area contributed by atoms with Gasteiger partial charge in [0, 0.05) is 14.1 Å². The van der Waals surface area contributed by atoms with Crippen molar-refractivity contribution < 1.29 is 23.1 Å². The average molecular weight is 322 g/mol. The molecule has 1 aromatic rings. The van der Waals surface area contributed by atoms with Gasteiger partial charge in [-0.1, -0.05) is 11.3 Å². The standard InChI is InChI=1S/C9H14N4O5S2/c1-5(2)20(17,18)8-11-13(9(15)16)7(19-8)10-6(14)12(3)4/h5H,1-4H3,(H,15,16). The van der Waals surface area contributed by atoms with Gasteiger partial charge in [0.2, 0.25) is 19.0 Å². The van der Waals surface area contributed by atoms with Crippen LogP contribution in [0.5, 0.6) is 0 Å². The number of hydrogen-bond donors (Lipinski definition) is 1. The fraction of sp³-hybridized carbons (Fsp3) is 0.556. The number of rotatable bonds is 2. The third-order valence-electron chi connectivity index (χ3n) is 2.16. The maximum Gasteiger partial charge on any atom is 0.434 e. The lowest BCUT2D eigenvalue weighted by atomic mass is 10.6. The summed E-state index contributed by atoms with van der Waals surface area (Å²) < 4.78 is 23.9. The first-order chi connectivity index (χ1) is 9.07. The Hall–Kier alpha value is -1.75. The highest BCUT2D eigenvalue weighted by Gasteiger charge is 2.26. The Bertz CT molecular complexity index is 698. The van der Waals surface area contributed by atoms with Crippen molar-refractivity contribution in [2.45, 2.75) is 23.4 Å². The predicted molar refractivity (Wildman–Crippen MR) is 70.5 cm³/mol. The monoisotopic (exact) mass is 322 g/mol. The van der Waals surface area contributed by atoms with E-state index in [0.717, 1.165) is 4.90 Å². The van der Waals surface area contributed by atoms with E-state index in [-0.39, 0.29) is 9.14 Å². The van der Waals surface area contributed by atoms with Gasteiger partial charge in [0.25, 0.3) is 0 Å². The summed E-state index contributed by atoms with van der Waals surface area (Å²) in [6.07, 6.45) is -1.52. The summed E-state index contributed by atoms with van der Waals surface area (Å²) >= 11 is 0.538. The molecule has 11 heteroatoms. The van der Waals surface area contributed by atoms with Gasteiger partial charge in [0.1, 0.15) is 0 Å². The number of urea groups is 1. The van der Waals surface area contributed by atoms with Crippen LogP contribution in [0.15, 0.2) is 9.33 Å². The van der Waals surface area contributed by atoms with Crippen molar-refractivity contribution in [1.82, 2.24) is 14.7 Å². The van der Waals surface area contributed by atoms with E-state index in [4.69, 9.17) is 5.11 Å². The zero-order chi connectivity index (χ0) is 15.7. The van der Waals surface area contributed by atoms with E-state index in [1.54, 1.807) is 0 Å². The second kappa shape index (κ2) is 5.71. The molecule has 1 rings (SSSR count). The summed E-state index contributed by atoms with van der Waals surface area (Å²) in [5.74, 6) is 0. The van der Waals surface area contributed by atoms with Crippen LogP contribution in [0.1, 0.15) is 13.8 Å². The Morgan fingerprint density at radius 1 is 1.40 bits per heavy atom. The number of aromatic nitrogens is 2. The van der Waals surface area contributed by atoms with Gasteiger partial charge in [-0.3, -0.25) is 0 Å². The fourth-order valence-corrected chi connectivity index (χ4v) is 3.43. The molecule has 0 radical (unpaired) electrons. The summed E-state index contributed by atoms with van der Waals surface area (Å²) in [5.41, 5.74) is 0. The Morgan fingerprint density at radius 2 is 1.95 bits per heavy atom. The van der Waals surface area contributed by atoms with E-state index in [2.05, 4.69) is 10.1 Å². The zero-order valence-corrected chi connectivity index (χ0v) is 12.9. The van der Waals surface area contributed by atoms with Crippen molar-refractivity contribution in [3.8, 4) is 0 Å². The van der Waals surface area contributed by atoms with Crippen molar-refractivity contribution in [3.05, 3.63) is 4.80 Å². The maximum atomic E-state index is 11.9. The highest BCUT2D eigenvalue weighted by atomic mass is 32.2. The third kappa shape index (κ3) is 3.22. The second-order valence-electron chi connectivity index (χ2n) is 4.23. The number of sulfone groups is 1. The molecule has 0 aromatic carbocycles. The van der Waals surface area contributed by atoms with Gasteiger partial charge < -0.3 is 10.0 Å². The molecule has 20 heavy (non-hydrogen) atoms. The SMILES string of the molecule is CC(C)S(=O)(=O)c1nn(C(=O)O)c(=NC(=O)N(C)C)s1. The van der Waals surface area contributed by atoms with Gasteiger partial charge in [-0.2, -0.15) is 4.99 Å². The van der Waals surface area contributed by atoms with Crippen LogP contribution < -0.4 is 4.80 Å². The molecule has 1 N–H and O–H groups in total. The van der Waals surface area contributed by atoms with Crippen LogP contribution in [0.3, 0.4) is 0 Å². The minimum atomic E-state index is -3.73. The first-order valence-corrected chi connectivity index (χ1v) is 7.77. The number of carboxylic acid groups (broad SMARTS) is 1. The van der Waals surface area contributed by atoms with Crippen molar-refractivity contribution in [1.29, 1.82) is 0 Å². The molecule has 0 aliphatic heterocycles. The summed E-state index contributed by atoms with van der Waals surface area (Å²) in [5, 5.41) is 11.7. The topological polar surface area (TPSA) is 122 Å². The molecule has 0 fully saturated rings. The van der Waals surface area contributed by atoms with Gasteiger partial charge >= 0.3 is 12.1 Å². The molecule has 112 valence electrons. The molecule has 1 heterocycles. The number of hydrogen-bond acceptors (Lipinski definition) is 6. The molecule has 0 saturated carbocycles. The van der Waals surface area contributed by atoms with E-state index >= 15 is 0 Å². The van der Waals surface area contributed by atoms with Crippen LogP contribution in [-0.2, 0) is 9.84 Å². The predicted octanol–water partition coefficient (Wildman–Crippen LogP) is 0.235. The molecule has 0 atom stereocenters. The van der Waals surface area contributed by atoms with E-state index in [0.29, 0.717) is 16.0 Å². The van der Waals surface area contributed by atoms with Crippen molar-refractivity contribution >= 4 is 33.3 Å². The normalized spacial score (nSPS) is 12.8. The van der Waals surface area contributed by atoms with Crippen LogP contribution in [0, 0.1) is 0 Å². The van der Waals surface area contributed by atoms with Gasteiger partial charge in [0.05, 0.1) is 5.25 Å². The summed E-state index contributed by atoms with van der Waals surface area (Å²) in [7, 11) is -0.861.